The van der Waals surface area contributed by atoms with Crippen molar-refractivity contribution in [3.63, 3.8) is 0 Å². The number of nitrogens with zero attached hydrogens (tertiary/aromatic N) is 5. The Morgan fingerprint density at radius 1 is 1.03 bits per heavy atom. The molecule has 1 aliphatic heterocycles. The minimum absolute atomic E-state index is 0.167. The molecular formula is C27H31N5O2. The highest BCUT2D eigenvalue weighted by molar-refractivity contribution is 5.74. The first kappa shape index (κ1) is 22.5. The quantitative estimate of drug-likeness (QED) is 0.459. The lowest BCUT2D eigenvalue weighted by Crippen LogP contribution is -2.48. The molecule has 0 unspecified atom stereocenters. The molecule has 0 radical (unpaired) electrons. The Morgan fingerprint density at radius 3 is 2.41 bits per heavy atom. The van der Waals surface area contributed by atoms with Gasteiger partial charge in [0.1, 0.15) is 11.7 Å². The van der Waals surface area contributed by atoms with E-state index in [1.165, 1.54) is 16.5 Å². The number of aromatic nitrogens is 4. The van der Waals surface area contributed by atoms with Crippen molar-refractivity contribution in [3.05, 3.63) is 89.1 Å². The first-order valence-corrected chi connectivity index (χ1v) is 12.0. The van der Waals surface area contributed by atoms with Crippen molar-refractivity contribution in [2.75, 3.05) is 19.6 Å². The zero-order valence-electron chi connectivity index (χ0n) is 19.5. The number of rotatable bonds is 7. The van der Waals surface area contributed by atoms with Gasteiger partial charge in [-0.1, -0.05) is 55.5 Å². The number of benzene rings is 2. The van der Waals surface area contributed by atoms with Crippen LogP contribution in [0.2, 0.25) is 0 Å². The van der Waals surface area contributed by atoms with E-state index in [4.69, 9.17) is 0 Å². The summed E-state index contributed by atoms with van der Waals surface area (Å²) in [4.78, 5) is 20.0. The van der Waals surface area contributed by atoms with E-state index in [0.29, 0.717) is 29.8 Å². The molecule has 1 aliphatic rings. The number of fused-ring (bicyclic) bond motifs is 1. The Labute approximate surface area is 199 Å². The fraction of sp³-hybridized carbons (Fsp3) is 0.370. The van der Waals surface area contributed by atoms with Crippen LogP contribution in [0.25, 0.3) is 16.7 Å². The highest BCUT2D eigenvalue weighted by Crippen LogP contribution is 2.26. The third kappa shape index (κ3) is 4.67. The third-order valence-corrected chi connectivity index (χ3v) is 7.05. The van der Waals surface area contributed by atoms with Gasteiger partial charge in [0.05, 0.1) is 24.0 Å². The monoisotopic (exact) mass is 457 g/mol. The topological polar surface area (TPSA) is 76.2 Å². The van der Waals surface area contributed by atoms with Crippen molar-refractivity contribution in [2.24, 2.45) is 0 Å². The Bertz CT molecular complexity index is 1290. The number of hydrogen-bond donors (Lipinski definition) is 1. The maximum atomic E-state index is 13.1. The summed E-state index contributed by atoms with van der Waals surface area (Å²) in [5, 5.41) is 16.1. The molecule has 7 nitrogen and oxygen atoms in total. The van der Waals surface area contributed by atoms with E-state index in [2.05, 4.69) is 52.2 Å². The van der Waals surface area contributed by atoms with Crippen LogP contribution >= 0.6 is 0 Å². The lowest BCUT2D eigenvalue weighted by molar-refractivity contribution is -0.0351. The Morgan fingerprint density at radius 2 is 1.71 bits per heavy atom. The normalized spacial score (nSPS) is 17.1. The van der Waals surface area contributed by atoms with Crippen LogP contribution in [0.3, 0.4) is 0 Å². The van der Waals surface area contributed by atoms with Gasteiger partial charge in [-0.05, 0) is 49.4 Å². The molecule has 0 saturated carbocycles. The van der Waals surface area contributed by atoms with Gasteiger partial charge in [0.15, 0.2) is 5.65 Å². The number of aliphatic hydroxyl groups is 1. The summed E-state index contributed by atoms with van der Waals surface area (Å²) in [7, 11) is 0. The lowest BCUT2D eigenvalue weighted by Gasteiger charge is -2.38. The molecule has 4 aromatic rings. The summed E-state index contributed by atoms with van der Waals surface area (Å²) < 4.78 is 3.21. The van der Waals surface area contributed by atoms with E-state index in [1.807, 2.05) is 30.3 Å². The number of piperidine rings is 1. The van der Waals surface area contributed by atoms with Crippen LogP contribution in [-0.4, -0.2) is 54.6 Å². The second kappa shape index (κ2) is 9.52. The van der Waals surface area contributed by atoms with Crippen molar-refractivity contribution >= 4 is 11.0 Å². The van der Waals surface area contributed by atoms with Crippen LogP contribution in [-0.2, 0) is 6.54 Å². The van der Waals surface area contributed by atoms with Crippen molar-refractivity contribution in [3.8, 4) is 5.69 Å². The molecular weight excluding hydrogens is 426 g/mol. The van der Waals surface area contributed by atoms with Gasteiger partial charge in [0.25, 0.3) is 5.56 Å². The average molecular weight is 458 g/mol. The molecule has 34 heavy (non-hydrogen) atoms. The van der Waals surface area contributed by atoms with Crippen LogP contribution in [0.5, 0.6) is 0 Å². The minimum atomic E-state index is -0.907. The fourth-order valence-electron chi connectivity index (χ4n) is 4.81. The minimum Gasteiger partial charge on any atom is -0.388 e. The molecule has 7 heteroatoms. The Kier molecular flexibility index (Phi) is 6.30. The van der Waals surface area contributed by atoms with Crippen molar-refractivity contribution in [1.29, 1.82) is 0 Å². The maximum Gasteiger partial charge on any atom is 0.264 e. The largest absolute Gasteiger partial charge is 0.388 e. The summed E-state index contributed by atoms with van der Waals surface area (Å²) in [6, 6.07) is 20.2. The zero-order valence-corrected chi connectivity index (χ0v) is 19.5. The molecule has 0 aliphatic carbocycles. The van der Waals surface area contributed by atoms with Gasteiger partial charge in [0, 0.05) is 13.1 Å². The van der Waals surface area contributed by atoms with Crippen molar-refractivity contribution in [1.82, 2.24) is 24.2 Å². The average Bonchev–Trinajstić information content (AvgIpc) is 3.31. The van der Waals surface area contributed by atoms with E-state index in [1.54, 1.807) is 10.9 Å². The van der Waals surface area contributed by atoms with Gasteiger partial charge in [0.2, 0.25) is 0 Å². The Balaban J connectivity index is 1.22. The zero-order chi connectivity index (χ0) is 23.5. The molecule has 176 valence electrons. The lowest BCUT2D eigenvalue weighted by atomic mass is 9.90. The summed E-state index contributed by atoms with van der Waals surface area (Å²) in [6.45, 7) is 5.19. The highest BCUT2D eigenvalue weighted by Gasteiger charge is 2.33. The van der Waals surface area contributed by atoms with E-state index in [-0.39, 0.29) is 12.1 Å². The van der Waals surface area contributed by atoms with Gasteiger partial charge in [-0.15, -0.1) is 0 Å². The molecule has 1 saturated heterocycles. The van der Waals surface area contributed by atoms with Crippen LogP contribution < -0.4 is 5.56 Å². The molecule has 1 atom stereocenters. The molecule has 0 bridgehead atoms. The van der Waals surface area contributed by atoms with E-state index >= 15 is 0 Å². The van der Waals surface area contributed by atoms with E-state index in [0.717, 1.165) is 31.7 Å². The number of likely N-dealkylation sites (tertiary alicyclic amines) is 1. The molecule has 2 aromatic heterocycles. The standard InChI is InChI=1S/C27H31N5O2/c1-21(22-8-4-2-5-9-22)12-15-30-16-13-27(34,14-17-30)19-31-20-28-25-24(26(31)33)18-29-32(25)23-10-6-3-7-11-23/h2-11,18,20-21,34H,12-17,19H2,1H3/t21-/m1/s1. The van der Waals surface area contributed by atoms with Gasteiger partial charge >= 0.3 is 0 Å². The molecule has 5 rings (SSSR count). The number of para-hydroxylation sites is 1. The molecule has 2 aromatic carbocycles. The van der Waals surface area contributed by atoms with Crippen molar-refractivity contribution < 1.29 is 5.11 Å². The maximum absolute atomic E-state index is 13.1. The van der Waals surface area contributed by atoms with E-state index in [9.17, 15) is 9.90 Å². The predicted molar refractivity (Wildman–Crippen MR) is 133 cm³/mol. The van der Waals surface area contributed by atoms with Gasteiger partial charge in [-0.3, -0.25) is 9.36 Å². The summed E-state index contributed by atoms with van der Waals surface area (Å²) >= 11 is 0. The van der Waals surface area contributed by atoms with Crippen LogP contribution in [0, 0.1) is 0 Å². The SMILES string of the molecule is C[C@H](CCN1CCC(O)(Cn2cnc3c(cnn3-c3ccccc3)c2=O)CC1)c1ccccc1. The van der Waals surface area contributed by atoms with Crippen LogP contribution in [0.1, 0.15) is 37.7 Å². The molecule has 1 fully saturated rings. The fourth-order valence-corrected chi connectivity index (χ4v) is 4.81. The predicted octanol–water partition coefficient (Wildman–Crippen LogP) is 3.60. The van der Waals surface area contributed by atoms with Gasteiger partial charge in [-0.2, -0.15) is 5.10 Å². The van der Waals surface area contributed by atoms with E-state index < -0.39 is 5.60 Å². The second-order valence-electron chi connectivity index (χ2n) is 9.47. The molecule has 0 spiro atoms. The highest BCUT2D eigenvalue weighted by atomic mass is 16.3. The van der Waals surface area contributed by atoms with Crippen LogP contribution in [0.15, 0.2) is 78.0 Å². The summed E-state index contributed by atoms with van der Waals surface area (Å²) in [6.07, 6.45) is 5.47. The van der Waals surface area contributed by atoms with Crippen molar-refractivity contribution in [2.45, 2.75) is 44.2 Å². The third-order valence-electron chi connectivity index (χ3n) is 7.05. The second-order valence-corrected chi connectivity index (χ2v) is 9.47. The first-order valence-electron chi connectivity index (χ1n) is 12.0. The summed E-state index contributed by atoms with van der Waals surface area (Å²) in [5.74, 6) is 0.509. The number of hydrogen-bond acceptors (Lipinski definition) is 5. The Hall–Kier alpha value is -3.29. The van der Waals surface area contributed by atoms with Crippen LogP contribution in [0.4, 0.5) is 0 Å². The molecule has 3 heterocycles. The smallest absolute Gasteiger partial charge is 0.264 e. The molecule has 1 N–H and O–H groups in total. The first-order chi connectivity index (χ1) is 16.5. The van der Waals surface area contributed by atoms with Gasteiger partial charge in [-0.25, -0.2) is 9.67 Å². The summed E-state index contributed by atoms with van der Waals surface area (Å²) in [5.41, 5.74) is 1.68. The van der Waals surface area contributed by atoms with Gasteiger partial charge < -0.3 is 10.0 Å². The molecule has 0 amide bonds.